The van der Waals surface area contributed by atoms with Crippen LogP contribution in [0.15, 0.2) is 23.2 Å². The van der Waals surface area contributed by atoms with Gasteiger partial charge in [0.2, 0.25) is 0 Å². The second kappa shape index (κ2) is 8.77. The molecule has 4 nitrogen and oxygen atoms in total. The summed E-state index contributed by atoms with van der Waals surface area (Å²) in [7, 11) is 1.74. The summed E-state index contributed by atoms with van der Waals surface area (Å²) in [5.74, 6) is -0.993. The Hall–Kier alpha value is -0.960. The second-order valence-electron chi connectivity index (χ2n) is 6.20. The van der Waals surface area contributed by atoms with Crippen molar-refractivity contribution in [3.05, 3.63) is 29.8 Å². The number of rotatable bonds is 4. The summed E-state index contributed by atoms with van der Waals surface area (Å²) in [6.45, 7) is 2.72. The molecule has 2 rings (SSSR count). The minimum absolute atomic E-state index is 0. The molecule has 0 bridgehead atoms. The van der Waals surface area contributed by atoms with Gasteiger partial charge in [-0.1, -0.05) is 6.92 Å². The maximum Gasteiger partial charge on any atom is 0.193 e. The number of hydrogen-bond donors (Lipinski definition) is 2. The maximum atomic E-state index is 13.5. The van der Waals surface area contributed by atoms with Crippen LogP contribution < -0.4 is 11.1 Å². The number of halogens is 3. The van der Waals surface area contributed by atoms with Crippen molar-refractivity contribution in [3.8, 4) is 0 Å². The first-order chi connectivity index (χ1) is 10.4. The fourth-order valence-electron chi connectivity index (χ4n) is 2.73. The summed E-state index contributed by atoms with van der Waals surface area (Å²) in [5.41, 5.74) is 5.85. The van der Waals surface area contributed by atoms with Crippen molar-refractivity contribution in [1.82, 2.24) is 0 Å². The number of nitrogens with zero attached hydrogens (tertiary/aromatic N) is 1. The van der Waals surface area contributed by atoms with E-state index in [1.54, 1.807) is 7.11 Å². The Morgan fingerprint density at radius 3 is 2.65 bits per heavy atom. The van der Waals surface area contributed by atoms with Gasteiger partial charge in [0, 0.05) is 19.7 Å². The summed E-state index contributed by atoms with van der Waals surface area (Å²) < 4.78 is 32.0. The number of nitrogens with one attached hydrogen (secondary N) is 1. The SMILES string of the molecule is COC1CCC(C)(CN=C(N)Nc2cc(F)ccc2F)CC1.I. The van der Waals surface area contributed by atoms with Gasteiger partial charge < -0.3 is 15.8 Å². The highest BCUT2D eigenvalue weighted by atomic mass is 127. The van der Waals surface area contributed by atoms with E-state index in [0.717, 1.165) is 43.9 Å². The van der Waals surface area contributed by atoms with Crippen LogP contribution in [0.2, 0.25) is 0 Å². The minimum atomic E-state index is -0.564. The smallest absolute Gasteiger partial charge is 0.193 e. The Balaban J connectivity index is 0.00000264. The van der Waals surface area contributed by atoms with Gasteiger partial charge in [-0.3, -0.25) is 4.99 Å². The highest BCUT2D eigenvalue weighted by Crippen LogP contribution is 2.37. The third-order valence-corrected chi connectivity index (χ3v) is 4.30. The predicted molar refractivity (Wildman–Crippen MR) is 99.3 cm³/mol. The molecule has 1 aliphatic carbocycles. The monoisotopic (exact) mass is 439 g/mol. The molecule has 0 atom stereocenters. The lowest BCUT2D eigenvalue weighted by Gasteiger charge is -2.35. The van der Waals surface area contributed by atoms with Crippen LogP contribution in [0.1, 0.15) is 32.6 Å². The molecule has 3 N–H and O–H groups in total. The van der Waals surface area contributed by atoms with E-state index in [-0.39, 0.29) is 41.0 Å². The molecule has 1 aliphatic rings. The Kier molecular flexibility index (Phi) is 7.66. The fraction of sp³-hybridized carbons (Fsp3) is 0.562. The van der Waals surface area contributed by atoms with Crippen LogP contribution in [-0.4, -0.2) is 25.7 Å². The normalized spacial score (nSPS) is 24.9. The summed E-state index contributed by atoms with van der Waals surface area (Å²) >= 11 is 0. The third kappa shape index (κ3) is 5.87. The van der Waals surface area contributed by atoms with Crippen molar-refractivity contribution in [1.29, 1.82) is 0 Å². The van der Waals surface area contributed by atoms with Gasteiger partial charge in [0.05, 0.1) is 11.8 Å². The van der Waals surface area contributed by atoms with Crippen molar-refractivity contribution in [2.45, 2.75) is 38.7 Å². The average molecular weight is 439 g/mol. The van der Waals surface area contributed by atoms with E-state index in [1.165, 1.54) is 0 Å². The summed E-state index contributed by atoms with van der Waals surface area (Å²) in [5, 5.41) is 2.62. The van der Waals surface area contributed by atoms with Crippen molar-refractivity contribution >= 4 is 35.6 Å². The van der Waals surface area contributed by atoms with E-state index in [4.69, 9.17) is 10.5 Å². The molecule has 1 aromatic carbocycles. The molecule has 7 heteroatoms. The van der Waals surface area contributed by atoms with E-state index in [1.807, 2.05) is 0 Å². The van der Waals surface area contributed by atoms with Gasteiger partial charge in [-0.05, 0) is 43.2 Å². The number of aliphatic imine (C=N–C) groups is 1. The first kappa shape index (κ1) is 20.1. The number of anilines is 1. The standard InChI is InChI=1S/C16H23F2N3O.HI/c1-16(7-5-12(22-2)6-8-16)10-20-15(19)21-14-9-11(17)3-4-13(14)18;/h3-4,9,12H,5-8,10H2,1-2H3,(H3,19,20,21);1H. The molecule has 1 fully saturated rings. The quantitative estimate of drug-likeness (QED) is 0.425. The molecule has 0 radical (unpaired) electrons. The molecule has 0 saturated heterocycles. The zero-order chi connectivity index (χ0) is 16.2. The van der Waals surface area contributed by atoms with Crippen LogP contribution in [0, 0.1) is 17.0 Å². The Morgan fingerprint density at radius 2 is 2.04 bits per heavy atom. The summed E-state index contributed by atoms with van der Waals surface area (Å²) in [6.07, 6.45) is 4.37. The molecular formula is C16H24F2IN3O. The first-order valence-electron chi connectivity index (χ1n) is 7.47. The van der Waals surface area contributed by atoms with Crippen molar-refractivity contribution in [3.63, 3.8) is 0 Å². The number of guanidine groups is 1. The molecule has 0 amide bonds. The molecule has 0 aliphatic heterocycles. The largest absolute Gasteiger partial charge is 0.381 e. The van der Waals surface area contributed by atoms with E-state index in [0.29, 0.717) is 12.6 Å². The number of hydrogen-bond acceptors (Lipinski definition) is 2. The van der Waals surface area contributed by atoms with E-state index in [2.05, 4.69) is 17.2 Å². The first-order valence-corrected chi connectivity index (χ1v) is 7.47. The topological polar surface area (TPSA) is 59.6 Å². The lowest BCUT2D eigenvalue weighted by molar-refractivity contribution is 0.0353. The third-order valence-electron chi connectivity index (χ3n) is 4.30. The van der Waals surface area contributed by atoms with Gasteiger partial charge in [-0.25, -0.2) is 8.78 Å². The molecular weight excluding hydrogens is 415 g/mol. The molecule has 0 heterocycles. The Morgan fingerprint density at radius 1 is 1.39 bits per heavy atom. The van der Waals surface area contributed by atoms with Crippen molar-refractivity contribution in [2.75, 3.05) is 19.0 Å². The minimum Gasteiger partial charge on any atom is -0.381 e. The van der Waals surface area contributed by atoms with Gasteiger partial charge in [0.1, 0.15) is 11.6 Å². The average Bonchev–Trinajstić information content (AvgIpc) is 2.50. The molecule has 0 aromatic heterocycles. The lowest BCUT2D eigenvalue weighted by atomic mass is 9.75. The summed E-state index contributed by atoms with van der Waals surface area (Å²) in [4.78, 5) is 4.29. The zero-order valence-electron chi connectivity index (χ0n) is 13.4. The molecule has 130 valence electrons. The zero-order valence-corrected chi connectivity index (χ0v) is 15.8. The molecule has 1 saturated carbocycles. The second-order valence-corrected chi connectivity index (χ2v) is 6.20. The fourth-order valence-corrected chi connectivity index (χ4v) is 2.73. The van der Waals surface area contributed by atoms with Gasteiger partial charge >= 0.3 is 0 Å². The lowest BCUT2D eigenvalue weighted by Crippen LogP contribution is -2.32. The van der Waals surface area contributed by atoms with Gasteiger partial charge in [-0.2, -0.15) is 0 Å². The molecule has 23 heavy (non-hydrogen) atoms. The van der Waals surface area contributed by atoms with Crippen LogP contribution in [0.5, 0.6) is 0 Å². The van der Waals surface area contributed by atoms with Crippen LogP contribution >= 0.6 is 24.0 Å². The van der Waals surface area contributed by atoms with Gasteiger partial charge in [-0.15, -0.1) is 24.0 Å². The number of ether oxygens (including phenoxy) is 1. The van der Waals surface area contributed by atoms with Crippen molar-refractivity contribution < 1.29 is 13.5 Å². The Labute approximate surface area is 152 Å². The summed E-state index contributed by atoms with van der Waals surface area (Å²) in [6, 6.07) is 3.17. The molecule has 1 aromatic rings. The van der Waals surface area contributed by atoms with E-state index < -0.39 is 11.6 Å². The van der Waals surface area contributed by atoms with Gasteiger partial charge in [0.15, 0.2) is 5.96 Å². The number of benzene rings is 1. The van der Waals surface area contributed by atoms with Crippen LogP contribution in [-0.2, 0) is 4.74 Å². The number of nitrogens with two attached hydrogens (primary N) is 1. The Bertz CT molecular complexity index is 546. The highest BCUT2D eigenvalue weighted by molar-refractivity contribution is 14.0. The maximum absolute atomic E-state index is 13.5. The highest BCUT2D eigenvalue weighted by Gasteiger charge is 2.30. The molecule has 0 unspecified atom stereocenters. The predicted octanol–water partition coefficient (Wildman–Crippen LogP) is 3.90. The van der Waals surface area contributed by atoms with Crippen LogP contribution in [0.25, 0.3) is 0 Å². The molecule has 0 spiro atoms. The van der Waals surface area contributed by atoms with E-state index >= 15 is 0 Å². The van der Waals surface area contributed by atoms with Crippen LogP contribution in [0.3, 0.4) is 0 Å². The van der Waals surface area contributed by atoms with Crippen molar-refractivity contribution in [2.24, 2.45) is 16.1 Å². The number of methoxy groups -OCH3 is 1. The van der Waals surface area contributed by atoms with Gasteiger partial charge in [0.25, 0.3) is 0 Å². The van der Waals surface area contributed by atoms with Crippen LogP contribution in [0.4, 0.5) is 14.5 Å². The van der Waals surface area contributed by atoms with E-state index in [9.17, 15) is 8.78 Å².